The predicted molar refractivity (Wildman–Crippen MR) is 79.0 cm³/mol. The monoisotopic (exact) mass is 286 g/mol. The van der Waals surface area contributed by atoms with Crippen LogP contribution in [-0.4, -0.2) is 11.8 Å². The molecule has 0 fully saturated rings. The Bertz CT molecular complexity index is 702. The molecule has 1 heterocycles. The summed E-state index contributed by atoms with van der Waals surface area (Å²) in [5.74, 6) is 0.422. The summed E-state index contributed by atoms with van der Waals surface area (Å²) in [4.78, 5) is 24.0. The molecule has 0 saturated heterocycles. The third-order valence-electron chi connectivity index (χ3n) is 3.20. The van der Waals surface area contributed by atoms with Crippen LogP contribution in [0.1, 0.15) is 43.4 Å². The van der Waals surface area contributed by atoms with E-state index in [1.54, 1.807) is 26.0 Å². The molecule has 21 heavy (non-hydrogen) atoms. The van der Waals surface area contributed by atoms with Crippen molar-refractivity contribution >= 4 is 11.8 Å². The molecule has 0 aliphatic rings. The van der Waals surface area contributed by atoms with Gasteiger partial charge in [-0.15, -0.1) is 0 Å². The van der Waals surface area contributed by atoms with Gasteiger partial charge >= 0.3 is 0 Å². The molecule has 0 atom stereocenters. The van der Waals surface area contributed by atoms with Crippen molar-refractivity contribution in [3.8, 4) is 0 Å². The highest BCUT2D eigenvalue weighted by Gasteiger charge is 2.15. The van der Waals surface area contributed by atoms with Crippen LogP contribution in [0.3, 0.4) is 0 Å². The molecule has 0 radical (unpaired) electrons. The zero-order chi connectivity index (χ0) is 15.6. The molecular weight excluding hydrogens is 268 g/mol. The molecule has 0 aliphatic heterocycles. The number of rotatable bonds is 2. The van der Waals surface area contributed by atoms with Gasteiger partial charge in [-0.1, -0.05) is 17.7 Å². The molecule has 2 N–H and O–H groups in total. The van der Waals surface area contributed by atoms with Crippen LogP contribution in [0.4, 0.5) is 0 Å². The van der Waals surface area contributed by atoms with Crippen molar-refractivity contribution in [3.63, 3.8) is 0 Å². The normalized spacial score (nSPS) is 10.3. The number of hydrogen-bond acceptors (Lipinski definition) is 3. The smallest absolute Gasteiger partial charge is 0.273 e. The second-order valence-corrected chi connectivity index (χ2v) is 5.05. The van der Waals surface area contributed by atoms with Crippen LogP contribution in [0, 0.1) is 27.7 Å². The Morgan fingerprint density at radius 3 is 2.05 bits per heavy atom. The molecule has 0 aliphatic carbocycles. The van der Waals surface area contributed by atoms with Crippen molar-refractivity contribution in [1.29, 1.82) is 0 Å². The number of amides is 2. The molecule has 5 heteroatoms. The van der Waals surface area contributed by atoms with E-state index < -0.39 is 5.91 Å². The number of hydrazine groups is 1. The van der Waals surface area contributed by atoms with E-state index in [9.17, 15) is 9.59 Å². The van der Waals surface area contributed by atoms with Gasteiger partial charge in [0.15, 0.2) is 0 Å². The maximum absolute atomic E-state index is 12.1. The number of carbonyl (C=O) groups is 2. The molecule has 0 spiro atoms. The summed E-state index contributed by atoms with van der Waals surface area (Å²) in [5, 5.41) is 0. The van der Waals surface area contributed by atoms with Crippen LogP contribution >= 0.6 is 0 Å². The minimum atomic E-state index is -0.400. The molecule has 0 bridgehead atoms. The molecule has 1 aromatic heterocycles. The van der Waals surface area contributed by atoms with Crippen LogP contribution < -0.4 is 10.9 Å². The Kier molecular flexibility index (Phi) is 4.12. The summed E-state index contributed by atoms with van der Waals surface area (Å²) in [6.07, 6.45) is 0. The van der Waals surface area contributed by atoms with Gasteiger partial charge < -0.3 is 4.42 Å². The first kappa shape index (κ1) is 14.8. The summed E-state index contributed by atoms with van der Waals surface area (Å²) in [7, 11) is 0. The van der Waals surface area contributed by atoms with Crippen molar-refractivity contribution in [2.75, 3.05) is 0 Å². The number of carbonyl (C=O) groups excluding carboxylic acids is 2. The van der Waals surface area contributed by atoms with Crippen molar-refractivity contribution in [1.82, 2.24) is 10.9 Å². The van der Waals surface area contributed by atoms with E-state index in [0.29, 0.717) is 22.6 Å². The first-order valence-electron chi connectivity index (χ1n) is 6.63. The van der Waals surface area contributed by atoms with Gasteiger partial charge in [-0.05, 0) is 45.4 Å². The standard InChI is InChI=1S/C16H18N2O3/c1-9-5-6-13(10(2)7-9)15(19)17-18-16(20)14-8-11(3)21-12(14)4/h5-8H,1-4H3,(H,17,19)(H,18,20). The van der Waals surface area contributed by atoms with E-state index in [2.05, 4.69) is 10.9 Å². The first-order chi connectivity index (χ1) is 9.88. The Morgan fingerprint density at radius 1 is 0.905 bits per heavy atom. The van der Waals surface area contributed by atoms with E-state index in [4.69, 9.17) is 4.42 Å². The Balaban J connectivity index is 2.04. The average Bonchev–Trinajstić information content (AvgIpc) is 2.74. The predicted octanol–water partition coefficient (Wildman–Crippen LogP) is 2.59. The van der Waals surface area contributed by atoms with E-state index >= 15 is 0 Å². The van der Waals surface area contributed by atoms with Crippen molar-refractivity contribution in [2.24, 2.45) is 0 Å². The Labute approximate surface area is 123 Å². The summed E-state index contributed by atoms with van der Waals surface area (Å²) in [6, 6.07) is 7.14. The van der Waals surface area contributed by atoms with Gasteiger partial charge in [-0.25, -0.2) is 0 Å². The molecule has 5 nitrogen and oxygen atoms in total. The van der Waals surface area contributed by atoms with Gasteiger partial charge in [0.1, 0.15) is 11.5 Å². The molecule has 2 amide bonds. The van der Waals surface area contributed by atoms with E-state index in [1.165, 1.54) is 0 Å². The summed E-state index contributed by atoms with van der Waals surface area (Å²) in [6.45, 7) is 7.28. The lowest BCUT2D eigenvalue weighted by atomic mass is 10.1. The number of aryl methyl sites for hydroxylation is 4. The molecular formula is C16H18N2O3. The van der Waals surface area contributed by atoms with Crippen molar-refractivity contribution in [3.05, 3.63) is 58.0 Å². The Morgan fingerprint density at radius 2 is 1.52 bits per heavy atom. The molecule has 0 unspecified atom stereocenters. The SMILES string of the molecule is Cc1ccc(C(=O)NNC(=O)c2cc(C)oc2C)c(C)c1. The topological polar surface area (TPSA) is 71.3 Å². The van der Waals surface area contributed by atoms with Crippen LogP contribution in [0.5, 0.6) is 0 Å². The largest absolute Gasteiger partial charge is 0.466 e. The fraction of sp³-hybridized carbons (Fsp3) is 0.250. The van der Waals surface area contributed by atoms with Gasteiger partial charge in [0.2, 0.25) is 0 Å². The van der Waals surface area contributed by atoms with Gasteiger partial charge in [-0.2, -0.15) is 0 Å². The third kappa shape index (κ3) is 3.31. The number of benzene rings is 1. The summed E-state index contributed by atoms with van der Waals surface area (Å²) in [5.41, 5.74) is 7.69. The van der Waals surface area contributed by atoms with E-state index in [-0.39, 0.29) is 5.91 Å². The molecule has 2 rings (SSSR count). The second kappa shape index (κ2) is 5.83. The van der Waals surface area contributed by atoms with E-state index in [1.807, 2.05) is 26.0 Å². The molecule has 110 valence electrons. The average molecular weight is 286 g/mol. The second-order valence-electron chi connectivity index (χ2n) is 5.05. The van der Waals surface area contributed by atoms with Gasteiger partial charge in [0, 0.05) is 5.56 Å². The molecule has 1 aromatic carbocycles. The summed E-state index contributed by atoms with van der Waals surface area (Å²) >= 11 is 0. The quantitative estimate of drug-likeness (QED) is 0.834. The van der Waals surface area contributed by atoms with Crippen molar-refractivity contribution in [2.45, 2.75) is 27.7 Å². The maximum atomic E-state index is 12.1. The van der Waals surface area contributed by atoms with Gasteiger partial charge in [0.05, 0.1) is 5.56 Å². The Hall–Kier alpha value is -2.56. The lowest BCUT2D eigenvalue weighted by Gasteiger charge is -2.09. The van der Waals surface area contributed by atoms with Gasteiger partial charge in [0.25, 0.3) is 11.8 Å². The van der Waals surface area contributed by atoms with E-state index in [0.717, 1.165) is 11.1 Å². The zero-order valence-electron chi connectivity index (χ0n) is 12.5. The minimum absolute atomic E-state index is 0.348. The number of hydrogen-bond donors (Lipinski definition) is 2. The maximum Gasteiger partial charge on any atom is 0.273 e. The van der Waals surface area contributed by atoms with Crippen LogP contribution in [-0.2, 0) is 0 Å². The minimum Gasteiger partial charge on any atom is -0.466 e. The first-order valence-corrected chi connectivity index (χ1v) is 6.63. The third-order valence-corrected chi connectivity index (χ3v) is 3.20. The molecule has 0 saturated carbocycles. The lowest BCUT2D eigenvalue weighted by molar-refractivity contribution is 0.0845. The van der Waals surface area contributed by atoms with Crippen LogP contribution in [0.25, 0.3) is 0 Å². The highest BCUT2D eigenvalue weighted by Crippen LogP contribution is 2.13. The van der Waals surface area contributed by atoms with Gasteiger partial charge in [-0.3, -0.25) is 20.4 Å². The van der Waals surface area contributed by atoms with Crippen molar-refractivity contribution < 1.29 is 14.0 Å². The highest BCUT2D eigenvalue weighted by molar-refractivity contribution is 6.00. The fourth-order valence-electron chi connectivity index (χ4n) is 2.17. The zero-order valence-corrected chi connectivity index (χ0v) is 12.5. The molecule has 2 aromatic rings. The number of furan rings is 1. The lowest BCUT2D eigenvalue weighted by Crippen LogP contribution is -2.42. The summed E-state index contributed by atoms with van der Waals surface area (Å²) < 4.78 is 5.29. The van der Waals surface area contributed by atoms with Crippen LogP contribution in [0.2, 0.25) is 0 Å². The highest BCUT2D eigenvalue weighted by atomic mass is 16.3. The van der Waals surface area contributed by atoms with Crippen LogP contribution in [0.15, 0.2) is 28.7 Å². The number of nitrogens with one attached hydrogen (secondary N) is 2. The fourth-order valence-corrected chi connectivity index (χ4v) is 2.17.